The van der Waals surface area contributed by atoms with Crippen LogP contribution in [0.1, 0.15) is 24.5 Å². The topological polar surface area (TPSA) is 87.7 Å². The molecule has 0 aromatic heterocycles. The summed E-state index contributed by atoms with van der Waals surface area (Å²) in [6.07, 6.45) is 0.493. The molecule has 2 aromatic carbocycles. The van der Waals surface area contributed by atoms with Gasteiger partial charge in [-0.1, -0.05) is 41.9 Å². The molecule has 31 heavy (non-hydrogen) atoms. The summed E-state index contributed by atoms with van der Waals surface area (Å²) < 4.78 is 18.9. The molecule has 7 nitrogen and oxygen atoms in total. The van der Waals surface area contributed by atoms with E-state index in [9.17, 15) is 18.8 Å². The molecule has 0 saturated carbocycles. The summed E-state index contributed by atoms with van der Waals surface area (Å²) >= 11 is 5.65. The van der Waals surface area contributed by atoms with Gasteiger partial charge in [0.2, 0.25) is 5.91 Å². The van der Waals surface area contributed by atoms with Crippen LogP contribution >= 0.6 is 11.6 Å². The van der Waals surface area contributed by atoms with Crippen LogP contribution in [0.25, 0.3) is 0 Å². The first-order valence-electron chi connectivity index (χ1n) is 9.92. The van der Waals surface area contributed by atoms with Gasteiger partial charge in [-0.15, -0.1) is 0 Å². The Morgan fingerprint density at radius 2 is 1.90 bits per heavy atom. The molecule has 9 heteroatoms. The first-order valence-corrected chi connectivity index (χ1v) is 10.3. The Balaban J connectivity index is 1.38. The van der Waals surface area contributed by atoms with Gasteiger partial charge in [-0.05, 0) is 30.2 Å². The van der Waals surface area contributed by atoms with Crippen LogP contribution < -0.4 is 10.6 Å². The van der Waals surface area contributed by atoms with E-state index in [0.717, 1.165) is 11.6 Å². The standard InChI is InChI=1S/C22H23ClFN3O4/c23-17-13-16(8-9-18(17)24)26-22(30)21(29)25-10-4-7-20(28)27-11-12-31-19(14-27)15-5-2-1-3-6-15/h1-3,5-6,8-9,13,19H,4,7,10-12,14H2,(H,25,29)(H,26,30). The van der Waals surface area contributed by atoms with Crippen molar-refractivity contribution in [3.63, 3.8) is 0 Å². The average Bonchev–Trinajstić information content (AvgIpc) is 2.79. The number of nitrogens with zero attached hydrogens (tertiary/aromatic N) is 1. The van der Waals surface area contributed by atoms with E-state index in [1.165, 1.54) is 12.1 Å². The summed E-state index contributed by atoms with van der Waals surface area (Å²) in [4.78, 5) is 38.1. The maximum Gasteiger partial charge on any atom is 0.313 e. The number of hydrogen-bond acceptors (Lipinski definition) is 4. The summed E-state index contributed by atoms with van der Waals surface area (Å²) in [5.41, 5.74) is 1.24. The fourth-order valence-corrected chi connectivity index (χ4v) is 3.37. The molecule has 2 N–H and O–H groups in total. The molecule has 164 valence electrons. The third kappa shape index (κ3) is 6.50. The Bertz CT molecular complexity index is 942. The highest BCUT2D eigenvalue weighted by molar-refractivity contribution is 6.39. The number of morpholine rings is 1. The second-order valence-electron chi connectivity index (χ2n) is 7.05. The van der Waals surface area contributed by atoms with Crippen LogP contribution in [0.15, 0.2) is 48.5 Å². The van der Waals surface area contributed by atoms with Gasteiger partial charge in [0.15, 0.2) is 0 Å². The highest BCUT2D eigenvalue weighted by atomic mass is 35.5. The Labute approximate surface area is 184 Å². The lowest BCUT2D eigenvalue weighted by Crippen LogP contribution is -2.42. The van der Waals surface area contributed by atoms with Crippen LogP contribution in [-0.4, -0.2) is 48.9 Å². The van der Waals surface area contributed by atoms with Crippen molar-refractivity contribution in [2.75, 3.05) is 31.6 Å². The minimum absolute atomic E-state index is 0.0242. The van der Waals surface area contributed by atoms with E-state index in [1.807, 2.05) is 30.3 Å². The predicted octanol–water partition coefficient (Wildman–Crippen LogP) is 2.91. The van der Waals surface area contributed by atoms with Gasteiger partial charge < -0.3 is 20.3 Å². The zero-order chi connectivity index (χ0) is 22.2. The van der Waals surface area contributed by atoms with Crippen LogP contribution in [0.2, 0.25) is 5.02 Å². The monoisotopic (exact) mass is 447 g/mol. The van der Waals surface area contributed by atoms with Gasteiger partial charge in [0, 0.05) is 25.2 Å². The normalized spacial score (nSPS) is 15.9. The van der Waals surface area contributed by atoms with Crippen LogP contribution in [0, 0.1) is 5.82 Å². The second kappa shape index (κ2) is 10.9. The minimum atomic E-state index is -0.895. The molecular weight excluding hydrogens is 425 g/mol. The van der Waals surface area contributed by atoms with Gasteiger partial charge in [-0.2, -0.15) is 0 Å². The number of halogens is 2. The van der Waals surface area contributed by atoms with E-state index in [0.29, 0.717) is 26.1 Å². The SMILES string of the molecule is O=C(NCCCC(=O)N1CCOC(c2ccccc2)C1)C(=O)Nc1ccc(F)c(Cl)c1. The number of hydrogen-bond donors (Lipinski definition) is 2. The molecule has 1 fully saturated rings. The number of rotatable bonds is 6. The van der Waals surface area contributed by atoms with Crippen LogP contribution in [0.3, 0.4) is 0 Å². The van der Waals surface area contributed by atoms with Crippen LogP contribution in [0.4, 0.5) is 10.1 Å². The Morgan fingerprint density at radius 1 is 1.13 bits per heavy atom. The smallest absolute Gasteiger partial charge is 0.313 e. The fourth-order valence-electron chi connectivity index (χ4n) is 3.19. The van der Waals surface area contributed by atoms with Gasteiger partial charge in [-0.3, -0.25) is 14.4 Å². The molecule has 2 aromatic rings. The van der Waals surface area contributed by atoms with E-state index in [-0.39, 0.29) is 35.7 Å². The maximum atomic E-state index is 13.1. The number of nitrogens with one attached hydrogen (secondary N) is 2. The van der Waals surface area contributed by atoms with Crippen molar-refractivity contribution in [3.05, 3.63) is 64.9 Å². The van der Waals surface area contributed by atoms with E-state index >= 15 is 0 Å². The summed E-state index contributed by atoms with van der Waals surface area (Å²) in [5.74, 6) is -2.38. The number of anilines is 1. The van der Waals surface area contributed by atoms with E-state index in [2.05, 4.69) is 10.6 Å². The molecule has 1 aliphatic rings. The highest BCUT2D eigenvalue weighted by Gasteiger charge is 2.25. The van der Waals surface area contributed by atoms with Gasteiger partial charge in [0.25, 0.3) is 0 Å². The molecule has 1 aliphatic heterocycles. The maximum absolute atomic E-state index is 13.1. The zero-order valence-corrected chi connectivity index (χ0v) is 17.5. The molecule has 0 spiro atoms. The molecule has 3 rings (SSSR count). The lowest BCUT2D eigenvalue weighted by Gasteiger charge is -2.33. The van der Waals surface area contributed by atoms with E-state index in [1.54, 1.807) is 4.90 Å². The van der Waals surface area contributed by atoms with Crippen molar-refractivity contribution >= 4 is 35.0 Å². The lowest BCUT2D eigenvalue weighted by molar-refractivity contribution is -0.139. The molecule has 1 atom stereocenters. The summed E-state index contributed by atoms with van der Waals surface area (Å²) in [6.45, 7) is 1.65. The molecule has 0 radical (unpaired) electrons. The minimum Gasteiger partial charge on any atom is -0.370 e. The molecule has 0 bridgehead atoms. The number of carbonyl (C=O) groups is 3. The fraction of sp³-hybridized carbons (Fsp3) is 0.318. The molecule has 0 aliphatic carbocycles. The quantitative estimate of drug-likeness (QED) is 0.526. The van der Waals surface area contributed by atoms with Crippen molar-refractivity contribution in [1.82, 2.24) is 10.2 Å². The van der Waals surface area contributed by atoms with Gasteiger partial charge in [-0.25, -0.2) is 4.39 Å². The number of ether oxygens (including phenoxy) is 1. The predicted molar refractivity (Wildman–Crippen MR) is 114 cm³/mol. The lowest BCUT2D eigenvalue weighted by atomic mass is 10.1. The van der Waals surface area contributed by atoms with E-state index < -0.39 is 17.6 Å². The van der Waals surface area contributed by atoms with Crippen LogP contribution in [-0.2, 0) is 19.1 Å². The summed E-state index contributed by atoms with van der Waals surface area (Å²) in [7, 11) is 0. The van der Waals surface area contributed by atoms with E-state index in [4.69, 9.17) is 16.3 Å². The van der Waals surface area contributed by atoms with Crippen molar-refractivity contribution in [2.45, 2.75) is 18.9 Å². The molecule has 1 unspecified atom stereocenters. The zero-order valence-electron chi connectivity index (χ0n) is 16.8. The Kier molecular flexibility index (Phi) is 7.97. The Morgan fingerprint density at radius 3 is 2.65 bits per heavy atom. The van der Waals surface area contributed by atoms with Crippen molar-refractivity contribution in [2.24, 2.45) is 0 Å². The van der Waals surface area contributed by atoms with Gasteiger partial charge in [0.05, 0.1) is 18.2 Å². The third-order valence-electron chi connectivity index (χ3n) is 4.83. The van der Waals surface area contributed by atoms with Crippen molar-refractivity contribution < 1.29 is 23.5 Å². The van der Waals surface area contributed by atoms with Crippen molar-refractivity contribution in [3.8, 4) is 0 Å². The van der Waals surface area contributed by atoms with Crippen LogP contribution in [0.5, 0.6) is 0 Å². The number of benzene rings is 2. The number of carbonyl (C=O) groups excluding carboxylic acids is 3. The molecule has 1 saturated heterocycles. The van der Waals surface area contributed by atoms with Crippen molar-refractivity contribution in [1.29, 1.82) is 0 Å². The largest absolute Gasteiger partial charge is 0.370 e. The summed E-state index contributed by atoms with van der Waals surface area (Å²) in [5, 5.41) is 4.65. The average molecular weight is 448 g/mol. The van der Waals surface area contributed by atoms with Gasteiger partial charge in [0.1, 0.15) is 11.9 Å². The second-order valence-corrected chi connectivity index (χ2v) is 7.46. The first kappa shape index (κ1) is 22.7. The molecule has 1 heterocycles. The number of amides is 3. The Hall–Kier alpha value is -2.97. The highest BCUT2D eigenvalue weighted by Crippen LogP contribution is 2.22. The first-order chi connectivity index (χ1) is 14.9. The third-order valence-corrected chi connectivity index (χ3v) is 5.12. The summed E-state index contributed by atoms with van der Waals surface area (Å²) in [6, 6.07) is 13.3. The van der Waals surface area contributed by atoms with Gasteiger partial charge >= 0.3 is 11.8 Å². The molecule has 3 amide bonds. The molecular formula is C22H23ClFN3O4.